The lowest BCUT2D eigenvalue weighted by Gasteiger charge is -2.19. The van der Waals surface area contributed by atoms with Crippen LogP contribution >= 0.6 is 23.2 Å². The number of carbonyl (C=O) groups is 2. The van der Waals surface area contributed by atoms with E-state index in [1.165, 1.54) is 26.3 Å². The SMILES string of the molecule is COc1ccc(F)cc1C(=O)N(C)CC(=O)Nc1c(Cl)cccc1Cl. The van der Waals surface area contributed by atoms with Gasteiger partial charge in [0.25, 0.3) is 5.91 Å². The fourth-order valence-electron chi connectivity index (χ4n) is 2.14. The van der Waals surface area contributed by atoms with Crippen LogP contribution in [0.5, 0.6) is 5.75 Å². The lowest BCUT2D eigenvalue weighted by molar-refractivity contribution is -0.116. The Bertz CT molecular complexity index is 794. The number of hydrogen-bond donors (Lipinski definition) is 1. The van der Waals surface area contributed by atoms with Crippen molar-refractivity contribution < 1.29 is 18.7 Å². The normalized spacial score (nSPS) is 10.3. The monoisotopic (exact) mass is 384 g/mol. The molecule has 132 valence electrons. The van der Waals surface area contributed by atoms with Crippen LogP contribution in [0, 0.1) is 5.82 Å². The number of nitrogens with one attached hydrogen (secondary N) is 1. The second-order valence-corrected chi connectivity index (χ2v) is 5.97. The van der Waals surface area contributed by atoms with Crippen molar-refractivity contribution in [3.63, 3.8) is 0 Å². The molecule has 0 aromatic heterocycles. The van der Waals surface area contributed by atoms with E-state index in [9.17, 15) is 14.0 Å². The minimum atomic E-state index is -0.579. The molecule has 2 aromatic carbocycles. The lowest BCUT2D eigenvalue weighted by Crippen LogP contribution is -2.35. The summed E-state index contributed by atoms with van der Waals surface area (Å²) < 4.78 is 18.5. The van der Waals surface area contributed by atoms with Crippen molar-refractivity contribution in [3.05, 3.63) is 57.8 Å². The summed E-state index contributed by atoms with van der Waals surface area (Å²) in [6, 6.07) is 8.39. The first kappa shape index (κ1) is 19.0. The van der Waals surface area contributed by atoms with E-state index in [1.54, 1.807) is 18.2 Å². The Morgan fingerprint density at radius 2 is 1.84 bits per heavy atom. The van der Waals surface area contributed by atoms with Gasteiger partial charge in [-0.2, -0.15) is 0 Å². The molecule has 2 rings (SSSR count). The molecule has 2 aromatic rings. The third kappa shape index (κ3) is 4.61. The van der Waals surface area contributed by atoms with Gasteiger partial charge in [0.1, 0.15) is 11.6 Å². The molecular formula is C17H15Cl2FN2O3. The second kappa shape index (κ2) is 8.18. The molecule has 0 aliphatic rings. The summed E-state index contributed by atoms with van der Waals surface area (Å²) in [6.45, 7) is -0.278. The van der Waals surface area contributed by atoms with Crippen molar-refractivity contribution in [1.29, 1.82) is 0 Å². The smallest absolute Gasteiger partial charge is 0.257 e. The Morgan fingerprint density at radius 3 is 2.44 bits per heavy atom. The van der Waals surface area contributed by atoms with Crippen molar-refractivity contribution in [3.8, 4) is 5.75 Å². The molecule has 0 fully saturated rings. The number of nitrogens with zero attached hydrogens (tertiary/aromatic N) is 1. The van der Waals surface area contributed by atoms with Gasteiger partial charge in [0.05, 0.1) is 35.0 Å². The van der Waals surface area contributed by atoms with Crippen molar-refractivity contribution >= 4 is 40.7 Å². The van der Waals surface area contributed by atoms with Crippen molar-refractivity contribution in [2.24, 2.45) is 0 Å². The van der Waals surface area contributed by atoms with Crippen molar-refractivity contribution in [2.75, 3.05) is 26.0 Å². The zero-order valence-corrected chi connectivity index (χ0v) is 15.0. The van der Waals surface area contributed by atoms with E-state index in [-0.39, 0.29) is 33.6 Å². The van der Waals surface area contributed by atoms with Crippen LogP contribution in [0.25, 0.3) is 0 Å². The zero-order valence-electron chi connectivity index (χ0n) is 13.5. The number of para-hydroxylation sites is 1. The van der Waals surface area contributed by atoms with Crippen LogP contribution in [0.2, 0.25) is 10.0 Å². The van der Waals surface area contributed by atoms with Crippen LogP contribution < -0.4 is 10.1 Å². The summed E-state index contributed by atoms with van der Waals surface area (Å²) in [5, 5.41) is 3.11. The van der Waals surface area contributed by atoms with Gasteiger partial charge in [0, 0.05) is 7.05 Å². The Balaban J connectivity index is 2.11. The molecule has 0 spiro atoms. The van der Waals surface area contributed by atoms with E-state index >= 15 is 0 Å². The molecule has 0 bridgehead atoms. The molecule has 25 heavy (non-hydrogen) atoms. The summed E-state index contributed by atoms with van der Waals surface area (Å²) in [4.78, 5) is 25.7. The molecule has 0 saturated heterocycles. The number of carbonyl (C=O) groups excluding carboxylic acids is 2. The van der Waals surface area contributed by atoms with Gasteiger partial charge in [0.15, 0.2) is 0 Å². The van der Waals surface area contributed by atoms with Gasteiger partial charge in [-0.3, -0.25) is 9.59 Å². The summed E-state index contributed by atoms with van der Waals surface area (Å²) in [7, 11) is 2.79. The average molecular weight is 385 g/mol. The zero-order chi connectivity index (χ0) is 18.6. The highest BCUT2D eigenvalue weighted by atomic mass is 35.5. The van der Waals surface area contributed by atoms with Crippen LogP contribution in [-0.4, -0.2) is 37.4 Å². The van der Waals surface area contributed by atoms with E-state index < -0.39 is 17.6 Å². The third-order valence-corrected chi connectivity index (χ3v) is 3.98. The molecule has 0 aliphatic heterocycles. The first-order chi connectivity index (χ1) is 11.8. The van der Waals surface area contributed by atoms with Gasteiger partial charge in [-0.05, 0) is 30.3 Å². The highest BCUT2D eigenvalue weighted by Crippen LogP contribution is 2.29. The predicted molar refractivity (Wildman–Crippen MR) is 95.0 cm³/mol. The van der Waals surface area contributed by atoms with E-state index in [0.717, 1.165) is 11.0 Å². The van der Waals surface area contributed by atoms with Gasteiger partial charge in [-0.15, -0.1) is 0 Å². The minimum Gasteiger partial charge on any atom is -0.496 e. The lowest BCUT2D eigenvalue weighted by atomic mass is 10.1. The number of benzene rings is 2. The first-order valence-electron chi connectivity index (χ1n) is 7.16. The minimum absolute atomic E-state index is 0.0218. The summed E-state index contributed by atoms with van der Waals surface area (Å²) >= 11 is 12.0. The number of amides is 2. The van der Waals surface area contributed by atoms with Gasteiger partial charge in [0.2, 0.25) is 5.91 Å². The summed E-state index contributed by atoms with van der Waals surface area (Å²) in [5.41, 5.74) is 0.286. The second-order valence-electron chi connectivity index (χ2n) is 5.15. The van der Waals surface area contributed by atoms with Crippen LogP contribution in [0.1, 0.15) is 10.4 Å². The molecule has 1 N–H and O–H groups in total. The van der Waals surface area contributed by atoms with Crippen molar-refractivity contribution in [2.45, 2.75) is 0 Å². The Morgan fingerprint density at radius 1 is 1.20 bits per heavy atom. The quantitative estimate of drug-likeness (QED) is 0.851. The van der Waals surface area contributed by atoms with Crippen molar-refractivity contribution in [1.82, 2.24) is 4.90 Å². The highest BCUT2D eigenvalue weighted by molar-refractivity contribution is 6.39. The molecule has 0 heterocycles. The Labute approximate surface area is 154 Å². The number of rotatable bonds is 5. The fraction of sp³-hybridized carbons (Fsp3) is 0.176. The highest BCUT2D eigenvalue weighted by Gasteiger charge is 2.20. The maximum absolute atomic E-state index is 13.4. The maximum atomic E-state index is 13.4. The van der Waals surface area contributed by atoms with Crippen LogP contribution in [0.15, 0.2) is 36.4 Å². The maximum Gasteiger partial charge on any atom is 0.257 e. The number of likely N-dealkylation sites (N-methyl/N-ethyl adjacent to an activating group) is 1. The first-order valence-corrected chi connectivity index (χ1v) is 7.92. The van der Waals surface area contributed by atoms with E-state index in [0.29, 0.717) is 0 Å². The average Bonchev–Trinajstić information content (AvgIpc) is 2.57. The molecule has 5 nitrogen and oxygen atoms in total. The molecule has 0 atom stereocenters. The largest absolute Gasteiger partial charge is 0.496 e. The van der Waals surface area contributed by atoms with E-state index in [2.05, 4.69) is 5.32 Å². The topological polar surface area (TPSA) is 58.6 Å². The summed E-state index contributed by atoms with van der Waals surface area (Å²) in [6.07, 6.45) is 0. The molecule has 0 radical (unpaired) electrons. The molecule has 0 unspecified atom stereocenters. The number of halogens is 3. The molecule has 2 amide bonds. The van der Waals surface area contributed by atoms with E-state index in [4.69, 9.17) is 27.9 Å². The predicted octanol–water partition coefficient (Wildman–Crippen LogP) is 3.85. The van der Waals surface area contributed by atoms with Gasteiger partial charge < -0.3 is 15.0 Å². The van der Waals surface area contributed by atoms with Gasteiger partial charge >= 0.3 is 0 Å². The number of hydrogen-bond acceptors (Lipinski definition) is 3. The van der Waals surface area contributed by atoms with Gasteiger partial charge in [-0.1, -0.05) is 29.3 Å². The van der Waals surface area contributed by atoms with Crippen LogP contribution in [0.4, 0.5) is 10.1 Å². The summed E-state index contributed by atoms with van der Waals surface area (Å²) in [5.74, 6) is -1.42. The molecule has 0 saturated carbocycles. The number of ether oxygens (including phenoxy) is 1. The van der Waals surface area contributed by atoms with Crippen LogP contribution in [-0.2, 0) is 4.79 Å². The van der Waals surface area contributed by atoms with Crippen LogP contribution in [0.3, 0.4) is 0 Å². The standard InChI is InChI=1S/C17H15Cl2FN2O3/c1-22(17(24)11-8-10(20)6-7-14(11)25-2)9-15(23)21-16-12(18)4-3-5-13(16)19/h3-8H,9H2,1-2H3,(H,21,23). The number of methoxy groups -OCH3 is 1. The Hall–Kier alpha value is -2.31. The third-order valence-electron chi connectivity index (χ3n) is 3.35. The van der Waals surface area contributed by atoms with Gasteiger partial charge in [-0.25, -0.2) is 4.39 Å². The molecular weight excluding hydrogens is 370 g/mol. The molecule has 0 aliphatic carbocycles. The molecule has 8 heteroatoms. The number of anilines is 1. The Kier molecular flexibility index (Phi) is 6.22. The fourth-order valence-corrected chi connectivity index (χ4v) is 2.63. The van der Waals surface area contributed by atoms with E-state index in [1.807, 2.05) is 0 Å².